The van der Waals surface area contributed by atoms with Gasteiger partial charge in [-0.15, -0.1) is 0 Å². The lowest BCUT2D eigenvalue weighted by molar-refractivity contribution is 0.0950. The van der Waals surface area contributed by atoms with E-state index in [1.165, 1.54) is 6.21 Å². The van der Waals surface area contributed by atoms with Crippen LogP contribution in [0.5, 0.6) is 17.2 Å². The molecule has 0 atom stereocenters. The summed E-state index contributed by atoms with van der Waals surface area (Å²) in [6.45, 7) is 0.311. The van der Waals surface area contributed by atoms with Gasteiger partial charge in [0.2, 0.25) is 0 Å². The average Bonchev–Trinajstić information content (AvgIpc) is 2.78. The highest BCUT2D eigenvalue weighted by molar-refractivity contribution is 6.30. The summed E-state index contributed by atoms with van der Waals surface area (Å²) < 4.78 is 16.3. The standard InChI is InChI=1S/C23H21ClN2O4/c1-28-19-11-12-21(29-2)17(13-19)14-25-26-23(27)20-5-3-4-6-22(20)30-15-16-7-9-18(24)10-8-16/h3-14H,15H2,1-2H3,(H,26,27)/b25-14-. The van der Waals surface area contributed by atoms with Crippen molar-refractivity contribution < 1.29 is 19.0 Å². The molecule has 0 saturated heterocycles. The molecule has 3 aromatic rings. The fourth-order valence-electron chi connectivity index (χ4n) is 2.68. The van der Waals surface area contributed by atoms with E-state index in [1.807, 2.05) is 12.1 Å². The molecule has 7 heteroatoms. The minimum atomic E-state index is -0.389. The number of nitrogens with zero attached hydrogens (tertiary/aromatic N) is 1. The van der Waals surface area contributed by atoms with Gasteiger partial charge in [-0.25, -0.2) is 5.43 Å². The number of carbonyl (C=O) groups is 1. The highest BCUT2D eigenvalue weighted by Gasteiger charge is 2.12. The van der Waals surface area contributed by atoms with E-state index in [9.17, 15) is 4.79 Å². The number of methoxy groups -OCH3 is 2. The fourth-order valence-corrected chi connectivity index (χ4v) is 2.81. The summed E-state index contributed by atoms with van der Waals surface area (Å²) >= 11 is 5.90. The normalized spacial score (nSPS) is 10.6. The van der Waals surface area contributed by atoms with E-state index in [0.29, 0.717) is 40.0 Å². The van der Waals surface area contributed by atoms with Crippen LogP contribution in [-0.2, 0) is 6.61 Å². The predicted octanol–water partition coefficient (Wildman–Crippen LogP) is 4.70. The zero-order chi connectivity index (χ0) is 21.3. The molecule has 0 aliphatic heterocycles. The SMILES string of the molecule is COc1ccc(OC)c(/C=N\NC(=O)c2ccccc2OCc2ccc(Cl)cc2)c1. The summed E-state index contributed by atoms with van der Waals surface area (Å²) in [6, 6.07) is 19.6. The molecular weight excluding hydrogens is 404 g/mol. The van der Waals surface area contributed by atoms with E-state index in [1.54, 1.807) is 68.8 Å². The van der Waals surface area contributed by atoms with Gasteiger partial charge in [0.25, 0.3) is 5.91 Å². The number of hydrogen-bond acceptors (Lipinski definition) is 5. The number of hydrogen-bond donors (Lipinski definition) is 1. The van der Waals surface area contributed by atoms with Crippen LogP contribution in [0.4, 0.5) is 0 Å². The second-order valence-electron chi connectivity index (χ2n) is 6.22. The summed E-state index contributed by atoms with van der Waals surface area (Å²) in [5, 5.41) is 4.70. The molecule has 0 fully saturated rings. The molecule has 3 aromatic carbocycles. The molecule has 0 heterocycles. The molecule has 6 nitrogen and oxygen atoms in total. The second kappa shape index (κ2) is 10.3. The van der Waals surface area contributed by atoms with Crippen LogP contribution >= 0.6 is 11.6 Å². The minimum absolute atomic E-state index is 0.311. The molecule has 1 amide bonds. The van der Waals surface area contributed by atoms with E-state index in [-0.39, 0.29) is 5.91 Å². The van der Waals surface area contributed by atoms with Crippen LogP contribution in [0.2, 0.25) is 5.02 Å². The quantitative estimate of drug-likeness (QED) is 0.420. The molecule has 0 aliphatic rings. The third-order valence-electron chi connectivity index (χ3n) is 4.25. The third-order valence-corrected chi connectivity index (χ3v) is 4.50. The second-order valence-corrected chi connectivity index (χ2v) is 6.65. The van der Waals surface area contributed by atoms with Crippen molar-refractivity contribution in [1.29, 1.82) is 0 Å². The van der Waals surface area contributed by atoms with Crippen LogP contribution in [0.1, 0.15) is 21.5 Å². The largest absolute Gasteiger partial charge is 0.497 e. The number of para-hydroxylation sites is 1. The van der Waals surface area contributed by atoms with Crippen molar-refractivity contribution in [3.8, 4) is 17.2 Å². The lowest BCUT2D eigenvalue weighted by Crippen LogP contribution is -2.18. The van der Waals surface area contributed by atoms with Gasteiger partial charge >= 0.3 is 0 Å². The summed E-state index contributed by atoms with van der Waals surface area (Å²) in [7, 11) is 3.14. The number of halogens is 1. The van der Waals surface area contributed by atoms with Crippen molar-refractivity contribution >= 4 is 23.7 Å². The van der Waals surface area contributed by atoms with Gasteiger partial charge in [0.15, 0.2) is 0 Å². The summed E-state index contributed by atoms with van der Waals surface area (Å²) in [4.78, 5) is 12.6. The van der Waals surface area contributed by atoms with E-state index >= 15 is 0 Å². The molecular formula is C23H21ClN2O4. The minimum Gasteiger partial charge on any atom is -0.497 e. The number of carbonyl (C=O) groups excluding carboxylic acids is 1. The Bertz CT molecular complexity index is 1040. The van der Waals surface area contributed by atoms with Crippen LogP contribution in [0.3, 0.4) is 0 Å². The Morgan fingerprint density at radius 2 is 1.77 bits per heavy atom. The Morgan fingerprint density at radius 1 is 1.00 bits per heavy atom. The maximum Gasteiger partial charge on any atom is 0.275 e. The maximum atomic E-state index is 12.6. The van der Waals surface area contributed by atoms with E-state index in [4.69, 9.17) is 25.8 Å². The van der Waals surface area contributed by atoms with Crippen molar-refractivity contribution in [1.82, 2.24) is 5.43 Å². The average molecular weight is 425 g/mol. The smallest absolute Gasteiger partial charge is 0.275 e. The first-order chi connectivity index (χ1) is 14.6. The lowest BCUT2D eigenvalue weighted by atomic mass is 10.2. The Morgan fingerprint density at radius 3 is 2.50 bits per heavy atom. The number of nitrogens with one attached hydrogen (secondary N) is 1. The van der Waals surface area contributed by atoms with Crippen LogP contribution in [0.25, 0.3) is 0 Å². The molecule has 0 spiro atoms. The fraction of sp³-hybridized carbons (Fsp3) is 0.130. The first kappa shape index (κ1) is 21.2. The zero-order valence-electron chi connectivity index (χ0n) is 16.6. The van der Waals surface area contributed by atoms with Crippen LogP contribution < -0.4 is 19.6 Å². The number of benzene rings is 3. The van der Waals surface area contributed by atoms with Crippen LogP contribution in [0, 0.1) is 0 Å². The molecule has 0 radical (unpaired) electrons. The van der Waals surface area contributed by atoms with Crippen molar-refractivity contribution in [3.63, 3.8) is 0 Å². The number of ether oxygens (including phenoxy) is 3. The molecule has 0 bridgehead atoms. The monoisotopic (exact) mass is 424 g/mol. The Kier molecular flexibility index (Phi) is 7.29. The number of hydrazone groups is 1. The van der Waals surface area contributed by atoms with Crippen LogP contribution in [-0.4, -0.2) is 26.3 Å². The number of amides is 1. The van der Waals surface area contributed by atoms with Crippen molar-refractivity contribution in [3.05, 3.63) is 88.4 Å². The van der Waals surface area contributed by atoms with Gasteiger partial charge < -0.3 is 14.2 Å². The van der Waals surface area contributed by atoms with E-state index < -0.39 is 0 Å². The van der Waals surface area contributed by atoms with Crippen LogP contribution in [0.15, 0.2) is 71.8 Å². The first-order valence-electron chi connectivity index (χ1n) is 9.12. The molecule has 0 saturated carbocycles. The Labute approximate surface area is 180 Å². The molecule has 0 unspecified atom stereocenters. The van der Waals surface area contributed by atoms with Crippen molar-refractivity contribution in [2.24, 2.45) is 5.10 Å². The molecule has 30 heavy (non-hydrogen) atoms. The topological polar surface area (TPSA) is 69.2 Å². The van der Waals surface area contributed by atoms with E-state index in [2.05, 4.69) is 10.5 Å². The first-order valence-corrected chi connectivity index (χ1v) is 9.50. The van der Waals surface area contributed by atoms with Crippen molar-refractivity contribution in [2.45, 2.75) is 6.61 Å². The molecule has 0 aromatic heterocycles. The summed E-state index contributed by atoms with van der Waals surface area (Å²) in [5.74, 6) is 1.34. The third kappa shape index (κ3) is 5.52. The summed E-state index contributed by atoms with van der Waals surface area (Å²) in [6.07, 6.45) is 1.50. The number of rotatable bonds is 8. The van der Waals surface area contributed by atoms with Gasteiger partial charge in [0, 0.05) is 10.6 Å². The lowest BCUT2D eigenvalue weighted by Gasteiger charge is -2.11. The summed E-state index contributed by atoms with van der Waals surface area (Å²) in [5.41, 5.74) is 4.51. The van der Waals surface area contributed by atoms with E-state index in [0.717, 1.165) is 5.56 Å². The molecule has 154 valence electrons. The highest BCUT2D eigenvalue weighted by atomic mass is 35.5. The molecule has 3 rings (SSSR count). The maximum absolute atomic E-state index is 12.6. The highest BCUT2D eigenvalue weighted by Crippen LogP contribution is 2.23. The van der Waals surface area contributed by atoms with Crippen molar-refractivity contribution in [2.75, 3.05) is 14.2 Å². The zero-order valence-corrected chi connectivity index (χ0v) is 17.3. The van der Waals surface area contributed by atoms with Gasteiger partial charge in [-0.3, -0.25) is 4.79 Å². The van der Waals surface area contributed by atoms with Gasteiger partial charge in [0.1, 0.15) is 23.9 Å². The van der Waals surface area contributed by atoms with Gasteiger partial charge in [0.05, 0.1) is 26.0 Å². The molecule has 0 aliphatic carbocycles. The molecule has 1 N–H and O–H groups in total. The Balaban J connectivity index is 1.69. The Hall–Kier alpha value is -3.51. The van der Waals surface area contributed by atoms with Gasteiger partial charge in [-0.1, -0.05) is 35.9 Å². The predicted molar refractivity (Wildman–Crippen MR) is 117 cm³/mol. The van der Waals surface area contributed by atoms with Gasteiger partial charge in [-0.05, 0) is 48.0 Å². The van der Waals surface area contributed by atoms with Gasteiger partial charge in [-0.2, -0.15) is 5.10 Å².